The van der Waals surface area contributed by atoms with Crippen molar-refractivity contribution in [2.75, 3.05) is 11.9 Å². The van der Waals surface area contributed by atoms with Crippen molar-refractivity contribution >= 4 is 11.7 Å². The van der Waals surface area contributed by atoms with Crippen LogP contribution in [0.2, 0.25) is 0 Å². The van der Waals surface area contributed by atoms with Crippen LogP contribution >= 0.6 is 0 Å². The summed E-state index contributed by atoms with van der Waals surface area (Å²) < 4.78 is 5.30. The van der Waals surface area contributed by atoms with E-state index in [2.05, 4.69) is 5.32 Å². The Balaban J connectivity index is 1.78. The van der Waals surface area contributed by atoms with E-state index in [4.69, 9.17) is 4.74 Å². The quantitative estimate of drug-likeness (QED) is 0.547. The molecule has 2 heterocycles. The molecule has 0 radical (unpaired) electrons. The van der Waals surface area contributed by atoms with Gasteiger partial charge in [-0.1, -0.05) is 18.2 Å². The molecule has 2 fully saturated rings. The smallest absolute Gasteiger partial charge is 0.324 e. The fraction of sp³-hybridized carbons (Fsp3) is 0.462. The summed E-state index contributed by atoms with van der Waals surface area (Å²) in [7, 11) is 0. The second-order valence-corrected chi connectivity index (χ2v) is 4.97. The summed E-state index contributed by atoms with van der Waals surface area (Å²) in [5.74, 6) is 0. The van der Waals surface area contributed by atoms with Crippen LogP contribution in [0.3, 0.4) is 0 Å². The second-order valence-electron chi connectivity index (χ2n) is 4.97. The lowest BCUT2D eigenvalue weighted by Gasteiger charge is -2.41. The number of urea groups is 1. The van der Waals surface area contributed by atoms with E-state index in [1.54, 1.807) is 24.3 Å². The van der Waals surface area contributed by atoms with Crippen molar-refractivity contribution in [2.24, 2.45) is 0 Å². The van der Waals surface area contributed by atoms with Gasteiger partial charge in [0.05, 0.1) is 12.6 Å². The van der Waals surface area contributed by atoms with Gasteiger partial charge >= 0.3 is 6.03 Å². The minimum absolute atomic E-state index is 0.0855. The van der Waals surface area contributed by atoms with Crippen LogP contribution in [0.15, 0.2) is 30.3 Å². The van der Waals surface area contributed by atoms with Gasteiger partial charge in [-0.15, -0.1) is 0 Å². The summed E-state index contributed by atoms with van der Waals surface area (Å²) in [6, 6.07) is 7.71. The molecule has 0 aromatic heterocycles. The first-order chi connectivity index (χ1) is 9.59. The molecule has 0 aliphatic carbocycles. The third-order valence-electron chi connectivity index (χ3n) is 3.71. The van der Waals surface area contributed by atoms with Gasteiger partial charge in [-0.05, 0) is 12.1 Å². The molecule has 20 heavy (non-hydrogen) atoms. The number of ether oxygens (including phenoxy) is 1. The van der Waals surface area contributed by atoms with Gasteiger partial charge in [-0.25, -0.2) is 4.79 Å². The highest BCUT2D eigenvalue weighted by atomic mass is 16.5. The van der Waals surface area contributed by atoms with E-state index in [9.17, 15) is 20.1 Å². The van der Waals surface area contributed by atoms with Crippen LogP contribution in [0.25, 0.3) is 0 Å². The van der Waals surface area contributed by atoms with Crippen molar-refractivity contribution in [2.45, 2.75) is 30.6 Å². The number of amides is 2. The summed E-state index contributed by atoms with van der Waals surface area (Å²) in [6.07, 6.45) is -4.81. The number of nitrogens with zero attached hydrogens (tertiary/aromatic N) is 1. The number of para-hydroxylation sites is 1. The molecule has 108 valence electrons. The van der Waals surface area contributed by atoms with Crippen molar-refractivity contribution in [3.05, 3.63) is 30.3 Å². The lowest BCUT2D eigenvalue weighted by Crippen LogP contribution is -2.64. The molecule has 5 atom stereocenters. The fourth-order valence-corrected chi connectivity index (χ4v) is 2.65. The Kier molecular flexibility index (Phi) is 3.35. The largest absolute Gasteiger partial charge is 0.388 e. The Morgan fingerprint density at radius 1 is 1.15 bits per heavy atom. The van der Waals surface area contributed by atoms with Gasteiger partial charge in [-0.3, -0.25) is 4.90 Å². The summed E-state index contributed by atoms with van der Waals surface area (Å²) >= 11 is 0. The third-order valence-corrected chi connectivity index (χ3v) is 3.71. The molecule has 3 rings (SSSR count). The van der Waals surface area contributed by atoms with Gasteiger partial charge in [0.2, 0.25) is 0 Å². The first kappa shape index (κ1) is 13.3. The normalized spacial score (nSPS) is 36.0. The van der Waals surface area contributed by atoms with Crippen molar-refractivity contribution in [1.29, 1.82) is 0 Å². The van der Waals surface area contributed by atoms with E-state index in [1.165, 1.54) is 4.90 Å². The van der Waals surface area contributed by atoms with Crippen LogP contribution in [0.1, 0.15) is 0 Å². The molecule has 0 unspecified atom stereocenters. The molecule has 2 amide bonds. The standard InChI is InChI=1S/C13H16N2O5/c16-9-8-6-20-12(11(18)10(9)17)15(8)13(19)14-7-4-2-1-3-5-7/h1-5,8-12,16-18H,6H2,(H,14,19)/t8-,9+,10+,11+,12+/m0/s1. The van der Waals surface area contributed by atoms with Gasteiger partial charge in [0.1, 0.15) is 18.3 Å². The molecule has 0 spiro atoms. The van der Waals surface area contributed by atoms with Crippen LogP contribution in [0, 0.1) is 0 Å². The van der Waals surface area contributed by atoms with E-state index in [-0.39, 0.29) is 6.61 Å². The number of rotatable bonds is 1. The minimum Gasteiger partial charge on any atom is -0.388 e. The lowest BCUT2D eigenvalue weighted by molar-refractivity contribution is -0.158. The molecular weight excluding hydrogens is 264 g/mol. The SMILES string of the molecule is O=C(Nc1ccccc1)N1[C@@H]2OC[C@H]1[C@@H](O)[C@@H](O)[C@H]2O. The molecule has 2 bridgehead atoms. The van der Waals surface area contributed by atoms with Crippen LogP contribution in [0.5, 0.6) is 0 Å². The molecule has 4 N–H and O–H groups in total. The van der Waals surface area contributed by atoms with Crippen molar-refractivity contribution in [3.8, 4) is 0 Å². The van der Waals surface area contributed by atoms with Crippen LogP contribution in [-0.2, 0) is 4.74 Å². The Hall–Kier alpha value is -1.67. The van der Waals surface area contributed by atoms with E-state index in [1.807, 2.05) is 6.07 Å². The fourth-order valence-electron chi connectivity index (χ4n) is 2.65. The number of carbonyl (C=O) groups is 1. The van der Waals surface area contributed by atoms with Crippen molar-refractivity contribution < 1.29 is 24.9 Å². The molecule has 2 saturated heterocycles. The molecule has 0 saturated carbocycles. The number of piperidine rings is 1. The van der Waals surface area contributed by atoms with Gasteiger partial charge in [0, 0.05) is 5.69 Å². The van der Waals surface area contributed by atoms with Crippen LogP contribution < -0.4 is 5.32 Å². The molecule has 2 aliphatic heterocycles. The molecule has 1 aromatic rings. The molecule has 7 nitrogen and oxygen atoms in total. The number of hydrogen-bond donors (Lipinski definition) is 4. The average molecular weight is 280 g/mol. The van der Waals surface area contributed by atoms with Crippen molar-refractivity contribution in [1.82, 2.24) is 4.90 Å². The summed E-state index contributed by atoms with van der Waals surface area (Å²) in [5.41, 5.74) is 0.604. The highest BCUT2D eigenvalue weighted by Gasteiger charge is 2.54. The summed E-state index contributed by atoms with van der Waals surface area (Å²) in [4.78, 5) is 13.5. The molecule has 1 aromatic carbocycles. The van der Waals surface area contributed by atoms with Crippen LogP contribution in [0.4, 0.5) is 10.5 Å². The van der Waals surface area contributed by atoms with Crippen LogP contribution in [-0.4, -0.2) is 63.4 Å². The number of hydrogen-bond acceptors (Lipinski definition) is 5. The van der Waals surface area contributed by atoms with Gasteiger partial charge in [-0.2, -0.15) is 0 Å². The maximum Gasteiger partial charge on any atom is 0.324 e. The maximum absolute atomic E-state index is 12.3. The summed E-state index contributed by atoms with van der Waals surface area (Å²) in [5, 5.41) is 32.1. The van der Waals surface area contributed by atoms with E-state index in [0.29, 0.717) is 5.69 Å². The molecule has 2 aliphatic rings. The van der Waals surface area contributed by atoms with E-state index >= 15 is 0 Å². The zero-order valence-electron chi connectivity index (χ0n) is 10.6. The lowest BCUT2D eigenvalue weighted by atomic mass is 9.95. The number of fused-ring (bicyclic) bond motifs is 2. The Morgan fingerprint density at radius 3 is 2.55 bits per heavy atom. The number of nitrogens with one attached hydrogen (secondary N) is 1. The van der Waals surface area contributed by atoms with Gasteiger partial charge < -0.3 is 25.4 Å². The van der Waals surface area contributed by atoms with Crippen molar-refractivity contribution in [3.63, 3.8) is 0 Å². The minimum atomic E-state index is -1.33. The Labute approximate surface area is 115 Å². The predicted octanol–water partition coefficient (Wildman–Crippen LogP) is -0.658. The van der Waals surface area contributed by atoms with Gasteiger partial charge in [0.25, 0.3) is 0 Å². The second kappa shape index (κ2) is 5.02. The number of aliphatic hydroxyl groups excluding tert-OH is 3. The van der Waals surface area contributed by atoms with Gasteiger partial charge in [0.15, 0.2) is 6.23 Å². The molecule has 7 heteroatoms. The topological polar surface area (TPSA) is 102 Å². The number of carbonyl (C=O) groups excluding carboxylic acids is 1. The zero-order valence-corrected chi connectivity index (χ0v) is 10.6. The first-order valence-corrected chi connectivity index (χ1v) is 6.40. The Morgan fingerprint density at radius 2 is 1.85 bits per heavy atom. The maximum atomic E-state index is 12.3. The monoisotopic (exact) mass is 280 g/mol. The van der Waals surface area contributed by atoms with E-state index < -0.39 is 36.6 Å². The predicted molar refractivity (Wildman–Crippen MR) is 68.8 cm³/mol. The number of anilines is 1. The molecular formula is C13H16N2O5. The summed E-state index contributed by atoms with van der Waals surface area (Å²) in [6.45, 7) is 0.0855. The Bertz CT molecular complexity index is 479. The third kappa shape index (κ3) is 2.04. The average Bonchev–Trinajstić information content (AvgIpc) is 2.86. The highest BCUT2D eigenvalue weighted by Crippen LogP contribution is 2.32. The highest BCUT2D eigenvalue weighted by molar-refractivity contribution is 5.90. The first-order valence-electron chi connectivity index (χ1n) is 6.40. The zero-order chi connectivity index (χ0) is 14.3. The number of aliphatic hydroxyl groups is 3. The number of benzene rings is 1. The van der Waals surface area contributed by atoms with E-state index in [0.717, 1.165) is 0 Å².